The maximum absolute atomic E-state index is 12.9. The molecule has 86 valence electrons. The largest absolute Gasteiger partial charge is 0.506 e. The van der Waals surface area contributed by atoms with Crippen LogP contribution in [0.3, 0.4) is 0 Å². The van der Waals surface area contributed by atoms with Crippen LogP contribution in [0.15, 0.2) is 12.1 Å². The molecule has 0 aliphatic carbocycles. The molecular weight excluding hydrogens is 244 g/mol. The summed E-state index contributed by atoms with van der Waals surface area (Å²) in [7, 11) is 0. The van der Waals surface area contributed by atoms with E-state index in [1.807, 2.05) is 0 Å². The summed E-state index contributed by atoms with van der Waals surface area (Å²) in [5, 5.41) is 18.0. The van der Waals surface area contributed by atoms with Crippen molar-refractivity contribution in [3.05, 3.63) is 28.5 Å². The molecule has 0 amide bonds. The fourth-order valence-corrected chi connectivity index (χ4v) is 1.38. The van der Waals surface area contributed by atoms with E-state index in [2.05, 4.69) is 0 Å². The molecule has 4 N–H and O–H groups in total. The standard InChI is InChI=1S/C9H11ClFNO2.ClH/c10-7-4-5(11)3-6(9(7)14)8(12)1-2-13;/h3-4,8,13-14H,1-2,12H2;1H/t8-;/m0./s1. The Balaban J connectivity index is 0.00000196. The molecule has 0 heterocycles. The van der Waals surface area contributed by atoms with Gasteiger partial charge in [0, 0.05) is 18.2 Å². The third kappa shape index (κ3) is 3.50. The third-order valence-corrected chi connectivity index (χ3v) is 2.19. The Morgan fingerprint density at radius 3 is 2.60 bits per heavy atom. The van der Waals surface area contributed by atoms with Gasteiger partial charge in [0.1, 0.15) is 11.6 Å². The van der Waals surface area contributed by atoms with Gasteiger partial charge < -0.3 is 15.9 Å². The molecule has 0 fully saturated rings. The molecule has 1 aromatic carbocycles. The Labute approximate surface area is 98.1 Å². The molecule has 6 heteroatoms. The van der Waals surface area contributed by atoms with Crippen LogP contribution in [-0.2, 0) is 0 Å². The van der Waals surface area contributed by atoms with Gasteiger partial charge >= 0.3 is 0 Å². The molecule has 0 bridgehead atoms. The van der Waals surface area contributed by atoms with Crippen molar-refractivity contribution in [1.29, 1.82) is 0 Å². The Morgan fingerprint density at radius 1 is 1.47 bits per heavy atom. The highest BCUT2D eigenvalue weighted by atomic mass is 35.5. The second-order valence-corrected chi connectivity index (χ2v) is 3.35. The zero-order valence-electron chi connectivity index (χ0n) is 7.78. The van der Waals surface area contributed by atoms with E-state index < -0.39 is 11.9 Å². The van der Waals surface area contributed by atoms with Gasteiger partial charge in [0.2, 0.25) is 0 Å². The van der Waals surface area contributed by atoms with E-state index in [1.165, 1.54) is 0 Å². The van der Waals surface area contributed by atoms with Gasteiger partial charge in [0.05, 0.1) is 5.02 Å². The number of aliphatic hydroxyl groups is 1. The zero-order chi connectivity index (χ0) is 10.7. The van der Waals surface area contributed by atoms with Gasteiger partial charge in [0.25, 0.3) is 0 Å². The highest BCUT2D eigenvalue weighted by Gasteiger charge is 2.14. The summed E-state index contributed by atoms with van der Waals surface area (Å²) in [5.41, 5.74) is 5.81. The van der Waals surface area contributed by atoms with Gasteiger partial charge in [-0.05, 0) is 18.6 Å². The normalized spacial score (nSPS) is 12.0. The quantitative estimate of drug-likeness (QED) is 0.774. The first-order valence-electron chi connectivity index (χ1n) is 4.10. The fraction of sp³-hybridized carbons (Fsp3) is 0.333. The molecule has 0 aliphatic heterocycles. The highest BCUT2D eigenvalue weighted by Crippen LogP contribution is 2.32. The second kappa shape index (κ2) is 6.12. The van der Waals surface area contributed by atoms with Crippen LogP contribution in [0.1, 0.15) is 18.0 Å². The minimum absolute atomic E-state index is 0. The first-order chi connectivity index (χ1) is 6.56. The zero-order valence-corrected chi connectivity index (χ0v) is 9.35. The van der Waals surface area contributed by atoms with E-state index in [4.69, 9.17) is 22.4 Å². The summed E-state index contributed by atoms with van der Waals surface area (Å²) in [5.74, 6) is -0.787. The number of nitrogens with two attached hydrogens (primary N) is 1. The number of hydrogen-bond acceptors (Lipinski definition) is 3. The van der Waals surface area contributed by atoms with Crippen LogP contribution in [0.4, 0.5) is 4.39 Å². The van der Waals surface area contributed by atoms with E-state index in [9.17, 15) is 9.50 Å². The number of phenolic OH excluding ortho intramolecular Hbond substituents is 1. The predicted molar refractivity (Wildman–Crippen MR) is 59.0 cm³/mol. The van der Waals surface area contributed by atoms with Crippen molar-refractivity contribution in [2.45, 2.75) is 12.5 Å². The smallest absolute Gasteiger partial charge is 0.139 e. The molecule has 0 aromatic heterocycles. The average molecular weight is 256 g/mol. The maximum atomic E-state index is 12.9. The summed E-state index contributed by atoms with van der Waals surface area (Å²) in [6.45, 7) is -0.130. The Morgan fingerprint density at radius 2 is 2.07 bits per heavy atom. The van der Waals surface area contributed by atoms with E-state index in [1.54, 1.807) is 0 Å². The summed E-state index contributed by atoms with van der Waals surface area (Å²) in [4.78, 5) is 0. The van der Waals surface area contributed by atoms with Gasteiger partial charge in [-0.25, -0.2) is 4.39 Å². The summed E-state index contributed by atoms with van der Waals surface area (Å²) < 4.78 is 12.9. The first-order valence-corrected chi connectivity index (χ1v) is 4.48. The molecule has 1 atom stereocenters. The van der Waals surface area contributed by atoms with Crippen molar-refractivity contribution in [3.8, 4) is 5.75 Å². The van der Waals surface area contributed by atoms with Crippen molar-refractivity contribution in [1.82, 2.24) is 0 Å². The lowest BCUT2D eigenvalue weighted by Crippen LogP contribution is -2.12. The monoisotopic (exact) mass is 255 g/mol. The van der Waals surface area contributed by atoms with Gasteiger partial charge in [-0.3, -0.25) is 0 Å². The van der Waals surface area contributed by atoms with Gasteiger partial charge in [-0.1, -0.05) is 11.6 Å². The Bertz CT molecular complexity index is 336. The third-order valence-electron chi connectivity index (χ3n) is 1.90. The van der Waals surface area contributed by atoms with Crippen LogP contribution in [-0.4, -0.2) is 16.8 Å². The van der Waals surface area contributed by atoms with Crippen molar-refractivity contribution in [3.63, 3.8) is 0 Å². The van der Waals surface area contributed by atoms with Crippen molar-refractivity contribution in [2.75, 3.05) is 6.61 Å². The number of aliphatic hydroxyl groups excluding tert-OH is 1. The van der Waals surface area contributed by atoms with Gasteiger partial charge in [-0.2, -0.15) is 0 Å². The molecule has 0 spiro atoms. The minimum Gasteiger partial charge on any atom is -0.506 e. The number of benzene rings is 1. The molecule has 0 unspecified atom stereocenters. The fourth-order valence-electron chi connectivity index (χ4n) is 1.16. The van der Waals surface area contributed by atoms with Crippen molar-refractivity contribution >= 4 is 24.0 Å². The van der Waals surface area contributed by atoms with Gasteiger partial charge in [-0.15, -0.1) is 12.4 Å². The molecular formula is C9H12Cl2FNO2. The lowest BCUT2D eigenvalue weighted by atomic mass is 10.0. The van der Waals surface area contributed by atoms with Crippen molar-refractivity contribution < 1.29 is 14.6 Å². The molecule has 0 saturated carbocycles. The second-order valence-electron chi connectivity index (χ2n) is 2.94. The molecule has 1 aromatic rings. The van der Waals surface area contributed by atoms with E-state index in [-0.39, 0.29) is 41.8 Å². The number of hydrogen-bond donors (Lipinski definition) is 3. The number of phenols is 1. The molecule has 0 saturated heterocycles. The SMILES string of the molecule is Cl.N[C@@H](CCO)c1cc(F)cc(Cl)c1O. The number of rotatable bonds is 3. The predicted octanol–water partition coefficient (Wildman–Crippen LogP) is 1.99. The molecule has 15 heavy (non-hydrogen) atoms. The molecule has 3 nitrogen and oxygen atoms in total. The minimum atomic E-state index is -0.617. The van der Waals surface area contributed by atoms with E-state index >= 15 is 0 Å². The Hall–Kier alpha value is -0.550. The van der Waals surface area contributed by atoms with E-state index in [0.29, 0.717) is 0 Å². The average Bonchev–Trinajstić information content (AvgIpc) is 2.11. The summed E-state index contributed by atoms with van der Waals surface area (Å²) >= 11 is 5.56. The number of halogens is 3. The Kier molecular flexibility index (Phi) is 5.90. The van der Waals surface area contributed by atoms with Crippen molar-refractivity contribution in [2.24, 2.45) is 5.73 Å². The molecule has 1 rings (SSSR count). The maximum Gasteiger partial charge on any atom is 0.139 e. The summed E-state index contributed by atoms with van der Waals surface area (Å²) in [6, 6.07) is 1.50. The van der Waals surface area contributed by atoms with Crippen LogP contribution in [0, 0.1) is 5.82 Å². The summed E-state index contributed by atoms with van der Waals surface area (Å²) in [6.07, 6.45) is 0.243. The van der Waals surface area contributed by atoms with Crippen LogP contribution in [0.5, 0.6) is 5.75 Å². The first kappa shape index (κ1) is 14.5. The topological polar surface area (TPSA) is 66.5 Å². The molecule has 0 aliphatic rings. The van der Waals surface area contributed by atoms with Crippen LogP contribution >= 0.6 is 24.0 Å². The van der Waals surface area contributed by atoms with Crippen LogP contribution in [0.2, 0.25) is 5.02 Å². The lowest BCUT2D eigenvalue weighted by molar-refractivity contribution is 0.275. The lowest BCUT2D eigenvalue weighted by Gasteiger charge is -2.13. The highest BCUT2D eigenvalue weighted by molar-refractivity contribution is 6.32. The van der Waals surface area contributed by atoms with E-state index in [0.717, 1.165) is 12.1 Å². The number of aromatic hydroxyl groups is 1. The van der Waals surface area contributed by atoms with Gasteiger partial charge in [0.15, 0.2) is 0 Å². The van der Waals surface area contributed by atoms with Crippen LogP contribution < -0.4 is 5.73 Å². The van der Waals surface area contributed by atoms with Crippen LogP contribution in [0.25, 0.3) is 0 Å². The molecule has 0 radical (unpaired) electrons.